The average molecular weight is 328 g/mol. The number of rotatable bonds is 6. The Balaban J connectivity index is 2.67. The number of hydrogen-bond acceptors (Lipinski definition) is 7. The Hall–Kier alpha value is -2.20. The molecule has 2 aliphatic rings. The van der Waals surface area contributed by atoms with Crippen molar-refractivity contribution < 1.29 is 29.4 Å². The topological polar surface area (TPSA) is 145 Å². The van der Waals surface area contributed by atoms with Crippen molar-refractivity contribution in [2.24, 2.45) is 5.92 Å². The predicted octanol–water partition coefficient (Wildman–Crippen LogP) is -2.36. The minimum absolute atomic E-state index is 0.0547. The van der Waals surface area contributed by atoms with Crippen LogP contribution in [0.4, 0.5) is 0 Å². The molecule has 1 unspecified atom stereocenters. The highest BCUT2D eigenvalue weighted by Gasteiger charge is 2.76. The first-order valence-electron chi connectivity index (χ1n) is 7.17. The van der Waals surface area contributed by atoms with E-state index in [-0.39, 0.29) is 26.2 Å². The molecule has 0 amide bonds. The van der Waals surface area contributed by atoms with Crippen LogP contribution in [0.25, 0.3) is 0 Å². The molecule has 0 radical (unpaired) electrons. The standard InChI is InChI=1S/C13H17N3O7/c1-9(18)6-10-12(15(20)21)3-2-11(19)13(10,16(22)23)8-14(7-12)4-5-17/h2-3,10,17H,4-8H2,1H3/p+1/t10-,12+,13-/m1/s1. The zero-order chi connectivity index (χ0) is 17.4. The minimum atomic E-state index is -2.21. The fraction of sp³-hybridized carbons (Fsp3) is 0.692. The normalized spacial score (nSPS) is 35.8. The molecule has 23 heavy (non-hydrogen) atoms. The first-order chi connectivity index (χ1) is 10.7. The van der Waals surface area contributed by atoms with E-state index in [0.717, 1.165) is 12.2 Å². The molecule has 1 aliphatic heterocycles. The lowest BCUT2D eigenvalue weighted by Gasteiger charge is -2.45. The summed E-state index contributed by atoms with van der Waals surface area (Å²) in [6.07, 6.45) is 1.57. The van der Waals surface area contributed by atoms with Gasteiger partial charge in [-0.05, 0) is 13.0 Å². The summed E-state index contributed by atoms with van der Waals surface area (Å²) < 4.78 is 0. The van der Waals surface area contributed by atoms with Crippen LogP contribution in [0.5, 0.6) is 0 Å². The van der Waals surface area contributed by atoms with E-state index in [1.807, 2.05) is 0 Å². The Morgan fingerprint density at radius 1 is 1.39 bits per heavy atom. The number of nitrogens with zero attached hydrogens (tertiary/aromatic N) is 2. The van der Waals surface area contributed by atoms with Crippen LogP contribution in [0.2, 0.25) is 0 Å². The summed E-state index contributed by atoms with van der Waals surface area (Å²) in [6.45, 7) is 0.540. The summed E-state index contributed by atoms with van der Waals surface area (Å²) in [4.78, 5) is 46.3. The number of quaternary nitrogens is 1. The molecule has 0 saturated carbocycles. The van der Waals surface area contributed by atoms with Crippen molar-refractivity contribution in [1.29, 1.82) is 0 Å². The SMILES string of the molecule is CC(=O)C[C@@H]1[C@]2([N+](=O)[O-])C=CC(=O)[C@@]1([N+](=O)[O-])C[NH+](CCO)C2. The van der Waals surface area contributed by atoms with Gasteiger partial charge in [0.05, 0.1) is 6.61 Å². The Labute approximate surface area is 131 Å². The number of aliphatic hydroxyl groups excluding tert-OH is 1. The van der Waals surface area contributed by atoms with Gasteiger partial charge in [-0.3, -0.25) is 25.0 Å². The van der Waals surface area contributed by atoms with Crippen molar-refractivity contribution in [3.63, 3.8) is 0 Å². The number of piperidine rings is 1. The maximum atomic E-state index is 12.3. The highest BCUT2D eigenvalue weighted by Crippen LogP contribution is 2.42. The predicted molar refractivity (Wildman–Crippen MR) is 75.0 cm³/mol. The molecule has 1 fully saturated rings. The lowest BCUT2D eigenvalue weighted by atomic mass is 9.61. The monoisotopic (exact) mass is 328 g/mol. The number of fused-ring (bicyclic) bond motifs is 2. The van der Waals surface area contributed by atoms with E-state index in [0.29, 0.717) is 4.90 Å². The summed E-state index contributed by atoms with van der Waals surface area (Å²) in [6, 6.07) is 0. The molecule has 0 aromatic heterocycles. The van der Waals surface area contributed by atoms with Gasteiger partial charge in [-0.25, -0.2) is 0 Å². The molecular formula is C13H18N3O7+. The number of nitro groups is 2. The molecule has 0 aromatic rings. The second-order valence-electron chi connectivity index (χ2n) is 6.16. The molecular weight excluding hydrogens is 310 g/mol. The van der Waals surface area contributed by atoms with Crippen LogP contribution in [0, 0.1) is 26.1 Å². The molecule has 1 saturated heterocycles. The summed E-state index contributed by atoms with van der Waals surface area (Å²) in [5, 5.41) is 32.6. The van der Waals surface area contributed by atoms with Crippen LogP contribution < -0.4 is 4.90 Å². The third-order valence-electron chi connectivity index (χ3n) is 4.81. The Morgan fingerprint density at radius 2 is 2.04 bits per heavy atom. The summed E-state index contributed by atoms with van der Waals surface area (Å²) >= 11 is 0. The number of ketones is 2. The Bertz CT molecular complexity index is 604. The van der Waals surface area contributed by atoms with Gasteiger partial charge < -0.3 is 14.8 Å². The number of carbonyl (C=O) groups excluding carboxylic acids is 2. The highest BCUT2D eigenvalue weighted by molar-refractivity contribution is 5.99. The summed E-state index contributed by atoms with van der Waals surface area (Å²) in [5.74, 6) is -2.61. The van der Waals surface area contributed by atoms with Crippen LogP contribution in [-0.2, 0) is 9.59 Å². The molecule has 0 spiro atoms. The van der Waals surface area contributed by atoms with Gasteiger partial charge in [-0.1, -0.05) is 0 Å². The number of hydrogen-bond donors (Lipinski definition) is 2. The fourth-order valence-electron chi connectivity index (χ4n) is 3.80. The molecule has 2 bridgehead atoms. The Kier molecular flexibility index (Phi) is 4.31. The molecule has 10 heteroatoms. The van der Waals surface area contributed by atoms with Gasteiger partial charge in [0, 0.05) is 22.3 Å². The Morgan fingerprint density at radius 3 is 2.52 bits per heavy atom. The second-order valence-corrected chi connectivity index (χ2v) is 6.16. The first-order valence-corrected chi connectivity index (χ1v) is 7.17. The van der Waals surface area contributed by atoms with E-state index >= 15 is 0 Å². The molecule has 0 aromatic carbocycles. The summed E-state index contributed by atoms with van der Waals surface area (Å²) in [7, 11) is 0. The zero-order valence-electron chi connectivity index (χ0n) is 12.6. The van der Waals surface area contributed by atoms with Gasteiger partial charge in [0.15, 0.2) is 13.1 Å². The van der Waals surface area contributed by atoms with Crippen LogP contribution in [0.1, 0.15) is 13.3 Å². The van der Waals surface area contributed by atoms with Gasteiger partial charge in [0.2, 0.25) is 5.78 Å². The van der Waals surface area contributed by atoms with Gasteiger partial charge in [0.25, 0.3) is 5.54 Å². The lowest BCUT2D eigenvalue weighted by molar-refractivity contribution is -0.943. The van der Waals surface area contributed by atoms with Crippen LogP contribution in [0.3, 0.4) is 0 Å². The van der Waals surface area contributed by atoms with Crippen molar-refractivity contribution in [3.8, 4) is 0 Å². The second kappa shape index (κ2) is 5.78. The van der Waals surface area contributed by atoms with E-state index in [4.69, 9.17) is 5.11 Å². The quantitative estimate of drug-likeness (QED) is 0.410. The van der Waals surface area contributed by atoms with E-state index in [1.54, 1.807) is 0 Å². The van der Waals surface area contributed by atoms with Gasteiger partial charge in [0.1, 0.15) is 18.2 Å². The molecule has 126 valence electrons. The van der Waals surface area contributed by atoms with Crippen molar-refractivity contribution in [3.05, 3.63) is 32.4 Å². The van der Waals surface area contributed by atoms with Crippen LogP contribution in [-0.4, -0.2) is 63.8 Å². The lowest BCUT2D eigenvalue weighted by Crippen LogP contribution is -3.19. The average Bonchev–Trinajstić information content (AvgIpc) is 2.44. The van der Waals surface area contributed by atoms with E-state index in [9.17, 15) is 29.8 Å². The van der Waals surface area contributed by atoms with E-state index in [1.165, 1.54) is 6.92 Å². The van der Waals surface area contributed by atoms with Gasteiger partial charge in [-0.15, -0.1) is 0 Å². The first kappa shape index (κ1) is 17.2. The van der Waals surface area contributed by atoms with Crippen LogP contribution >= 0.6 is 0 Å². The minimum Gasteiger partial charge on any atom is -0.391 e. The smallest absolute Gasteiger partial charge is 0.340 e. The fourth-order valence-corrected chi connectivity index (χ4v) is 3.80. The van der Waals surface area contributed by atoms with Crippen molar-refractivity contribution >= 4 is 11.6 Å². The van der Waals surface area contributed by atoms with Gasteiger partial charge >= 0.3 is 5.54 Å². The van der Waals surface area contributed by atoms with Crippen molar-refractivity contribution in [1.82, 2.24) is 0 Å². The third kappa shape index (κ3) is 2.43. The van der Waals surface area contributed by atoms with Crippen LogP contribution in [0.15, 0.2) is 12.2 Å². The largest absolute Gasteiger partial charge is 0.391 e. The van der Waals surface area contributed by atoms with Crippen molar-refractivity contribution in [2.75, 3.05) is 26.2 Å². The van der Waals surface area contributed by atoms with E-state index < -0.39 is 44.8 Å². The summed E-state index contributed by atoms with van der Waals surface area (Å²) in [5.41, 5.74) is -4.08. The van der Waals surface area contributed by atoms with Gasteiger partial charge in [-0.2, -0.15) is 0 Å². The number of Topliss-reactive ketones (excluding diaryl/α,β-unsaturated/α-hetero) is 1. The number of carbonyl (C=O) groups is 2. The number of likely N-dealkylation sites (tertiary alicyclic amines) is 1. The molecule has 2 rings (SSSR count). The molecule has 1 heterocycles. The molecule has 10 nitrogen and oxygen atoms in total. The van der Waals surface area contributed by atoms with Crippen molar-refractivity contribution in [2.45, 2.75) is 24.4 Å². The number of aliphatic hydroxyl groups is 1. The maximum absolute atomic E-state index is 12.3. The highest BCUT2D eigenvalue weighted by atomic mass is 16.6. The van der Waals surface area contributed by atoms with E-state index in [2.05, 4.69) is 0 Å². The zero-order valence-corrected chi connectivity index (χ0v) is 12.6. The molecule has 4 atom stereocenters. The molecule has 2 N–H and O–H groups in total. The maximum Gasteiger partial charge on any atom is 0.340 e. The molecule has 1 aliphatic carbocycles. The number of nitrogens with one attached hydrogen (secondary N) is 1. The third-order valence-corrected chi connectivity index (χ3v) is 4.81.